The fraction of sp³-hybridized carbons (Fsp3) is 0.292. The SMILES string of the molecule is CC#CC(=O)N1CC[C@H](n2cc(C#Cc3c(Cl)c(OC)cc(OC)c3Cl)c3c(N)n[nH]c(=O)c32)C1. The highest BCUT2D eigenvalue weighted by atomic mass is 35.5. The number of methoxy groups -OCH3 is 2. The van der Waals surface area contributed by atoms with Crippen molar-refractivity contribution in [1.29, 1.82) is 0 Å². The summed E-state index contributed by atoms with van der Waals surface area (Å²) in [6, 6.07) is 1.40. The maximum absolute atomic E-state index is 12.8. The maximum Gasteiger partial charge on any atom is 0.298 e. The van der Waals surface area contributed by atoms with Gasteiger partial charge in [0.2, 0.25) is 0 Å². The third-order valence-electron chi connectivity index (χ3n) is 5.75. The van der Waals surface area contributed by atoms with Gasteiger partial charge in [-0.1, -0.05) is 41.0 Å². The lowest BCUT2D eigenvalue weighted by Crippen LogP contribution is -2.28. The van der Waals surface area contributed by atoms with E-state index in [0.717, 1.165) is 0 Å². The van der Waals surface area contributed by atoms with E-state index < -0.39 is 5.56 Å². The molecular formula is C24H21Cl2N5O4. The van der Waals surface area contributed by atoms with Gasteiger partial charge in [-0.25, -0.2) is 5.10 Å². The average molecular weight is 514 g/mol. The summed E-state index contributed by atoms with van der Waals surface area (Å²) < 4.78 is 12.4. The number of likely N-dealkylation sites (tertiary alicyclic amines) is 1. The molecule has 2 aromatic heterocycles. The molecule has 0 saturated carbocycles. The zero-order valence-corrected chi connectivity index (χ0v) is 20.7. The van der Waals surface area contributed by atoms with Gasteiger partial charge in [0.15, 0.2) is 5.82 Å². The molecule has 1 aromatic carbocycles. The number of anilines is 1. The van der Waals surface area contributed by atoms with Crippen LogP contribution in [0.5, 0.6) is 11.5 Å². The number of ether oxygens (including phenoxy) is 2. The minimum Gasteiger partial charge on any atom is -0.495 e. The second-order valence-corrected chi connectivity index (χ2v) is 8.47. The van der Waals surface area contributed by atoms with Crippen LogP contribution < -0.4 is 20.8 Å². The van der Waals surface area contributed by atoms with Crippen LogP contribution in [0.1, 0.15) is 30.5 Å². The van der Waals surface area contributed by atoms with Gasteiger partial charge >= 0.3 is 0 Å². The molecule has 0 bridgehead atoms. The third-order valence-corrected chi connectivity index (χ3v) is 6.50. The molecule has 4 rings (SSSR count). The van der Waals surface area contributed by atoms with Gasteiger partial charge in [0, 0.05) is 25.4 Å². The van der Waals surface area contributed by atoms with Gasteiger partial charge in [-0.05, 0) is 19.3 Å². The summed E-state index contributed by atoms with van der Waals surface area (Å²) in [6.07, 6.45) is 2.37. The minimum absolute atomic E-state index is 0.117. The Morgan fingerprint density at radius 2 is 1.91 bits per heavy atom. The Labute approximate surface area is 211 Å². The number of carbonyl (C=O) groups is 1. The third kappa shape index (κ3) is 4.37. The minimum atomic E-state index is -0.417. The van der Waals surface area contributed by atoms with E-state index in [1.54, 1.807) is 28.7 Å². The van der Waals surface area contributed by atoms with Crippen LogP contribution in [-0.2, 0) is 4.79 Å². The second-order valence-electron chi connectivity index (χ2n) is 7.71. The Hall–Kier alpha value is -3.79. The first-order chi connectivity index (χ1) is 16.8. The molecular weight excluding hydrogens is 493 g/mol. The Morgan fingerprint density at radius 1 is 1.23 bits per heavy atom. The average Bonchev–Trinajstić information content (AvgIpc) is 3.48. The van der Waals surface area contributed by atoms with Crippen molar-refractivity contribution in [1.82, 2.24) is 19.7 Å². The Bertz CT molecular complexity index is 1490. The summed E-state index contributed by atoms with van der Waals surface area (Å²) in [5.41, 5.74) is 6.81. The molecule has 3 heterocycles. The number of rotatable bonds is 3. The number of H-pyrrole nitrogens is 1. The van der Waals surface area contributed by atoms with Crippen LogP contribution in [0.25, 0.3) is 10.9 Å². The molecule has 11 heteroatoms. The van der Waals surface area contributed by atoms with Crippen molar-refractivity contribution in [2.75, 3.05) is 33.0 Å². The number of hydrogen-bond acceptors (Lipinski definition) is 6. The molecule has 0 spiro atoms. The van der Waals surface area contributed by atoms with Gasteiger partial charge in [0.05, 0.1) is 46.8 Å². The molecule has 1 atom stereocenters. The number of nitrogen functional groups attached to an aromatic ring is 1. The second kappa shape index (κ2) is 9.83. The van der Waals surface area contributed by atoms with Crippen LogP contribution in [0.2, 0.25) is 10.0 Å². The van der Waals surface area contributed by atoms with E-state index in [1.807, 2.05) is 0 Å². The zero-order valence-electron chi connectivity index (χ0n) is 19.2. The number of hydrogen-bond donors (Lipinski definition) is 2. The van der Waals surface area contributed by atoms with Gasteiger partial charge in [-0.2, -0.15) is 5.10 Å². The zero-order chi connectivity index (χ0) is 25.3. The molecule has 9 nitrogen and oxygen atoms in total. The number of amides is 1. The van der Waals surface area contributed by atoms with Crippen molar-refractivity contribution in [2.45, 2.75) is 19.4 Å². The summed E-state index contributed by atoms with van der Waals surface area (Å²) in [5.74, 6) is 11.7. The van der Waals surface area contributed by atoms with E-state index in [9.17, 15) is 9.59 Å². The van der Waals surface area contributed by atoms with Crippen LogP contribution in [0, 0.1) is 23.7 Å². The summed E-state index contributed by atoms with van der Waals surface area (Å²) in [4.78, 5) is 26.6. The van der Waals surface area contributed by atoms with Gasteiger partial charge in [-0.15, -0.1) is 0 Å². The fourth-order valence-electron chi connectivity index (χ4n) is 4.08. The van der Waals surface area contributed by atoms with Crippen molar-refractivity contribution < 1.29 is 14.3 Å². The first-order valence-electron chi connectivity index (χ1n) is 10.5. The Morgan fingerprint density at radius 3 is 2.54 bits per heavy atom. The van der Waals surface area contributed by atoms with E-state index >= 15 is 0 Å². The molecule has 35 heavy (non-hydrogen) atoms. The van der Waals surface area contributed by atoms with Crippen LogP contribution in [0.4, 0.5) is 5.82 Å². The van der Waals surface area contributed by atoms with Crippen molar-refractivity contribution >= 4 is 45.8 Å². The topological polar surface area (TPSA) is 115 Å². The lowest BCUT2D eigenvalue weighted by Gasteiger charge is -2.15. The van der Waals surface area contributed by atoms with Gasteiger partial charge < -0.3 is 24.7 Å². The van der Waals surface area contributed by atoms with E-state index in [1.165, 1.54) is 14.2 Å². The summed E-state index contributed by atoms with van der Waals surface area (Å²) >= 11 is 12.9. The first kappa shape index (κ1) is 24.3. The molecule has 1 aliphatic heterocycles. The number of nitrogens with two attached hydrogens (primary N) is 1. The van der Waals surface area contributed by atoms with Crippen LogP contribution in [0.3, 0.4) is 0 Å². The van der Waals surface area contributed by atoms with E-state index in [-0.39, 0.29) is 27.8 Å². The monoisotopic (exact) mass is 513 g/mol. The lowest BCUT2D eigenvalue weighted by molar-refractivity contribution is -0.124. The summed E-state index contributed by atoms with van der Waals surface area (Å²) in [5, 5.41) is 7.17. The molecule has 1 amide bonds. The number of nitrogens with one attached hydrogen (secondary N) is 1. The molecule has 0 aliphatic carbocycles. The first-order valence-corrected chi connectivity index (χ1v) is 11.3. The lowest BCUT2D eigenvalue weighted by atomic mass is 10.1. The number of aromatic nitrogens is 3. The molecule has 0 unspecified atom stereocenters. The molecule has 1 aliphatic rings. The predicted octanol–water partition coefficient (Wildman–Crippen LogP) is 2.83. The molecule has 180 valence electrons. The molecule has 1 saturated heterocycles. The summed E-state index contributed by atoms with van der Waals surface area (Å²) in [7, 11) is 2.94. The predicted molar refractivity (Wildman–Crippen MR) is 134 cm³/mol. The van der Waals surface area contributed by atoms with Crippen molar-refractivity contribution in [2.24, 2.45) is 0 Å². The number of nitrogens with zero attached hydrogens (tertiary/aromatic N) is 3. The van der Waals surface area contributed by atoms with E-state index in [0.29, 0.717) is 53.0 Å². The number of halogens is 2. The normalized spacial score (nSPS) is 14.8. The number of aromatic amines is 1. The van der Waals surface area contributed by atoms with Crippen LogP contribution in [-0.4, -0.2) is 52.9 Å². The van der Waals surface area contributed by atoms with E-state index in [4.69, 9.17) is 38.4 Å². The standard InChI is InChI=1S/C24H21Cl2N5O4/c1-4-5-18(32)30-9-8-14(12-30)31-11-13(19-22(31)24(33)29-28-23(19)27)6-7-15-20(25)16(34-2)10-17(35-3)21(15)26/h10-11,14H,8-9,12H2,1-3H3,(H2,27,28)(H,29,33)/t14-/m0/s1. The van der Waals surface area contributed by atoms with Crippen LogP contribution >= 0.6 is 23.2 Å². The number of carbonyl (C=O) groups excluding carboxylic acids is 1. The number of benzene rings is 1. The van der Waals surface area contributed by atoms with Crippen molar-refractivity contribution in [3.8, 4) is 35.2 Å². The maximum atomic E-state index is 12.8. The highest BCUT2D eigenvalue weighted by Gasteiger charge is 2.29. The molecule has 1 fully saturated rings. The quantitative estimate of drug-likeness (QED) is 0.520. The van der Waals surface area contributed by atoms with Gasteiger partial charge in [0.25, 0.3) is 11.5 Å². The van der Waals surface area contributed by atoms with Gasteiger partial charge in [0.1, 0.15) is 17.0 Å². The van der Waals surface area contributed by atoms with Gasteiger partial charge in [-0.3, -0.25) is 9.59 Å². The van der Waals surface area contributed by atoms with E-state index in [2.05, 4.69) is 33.9 Å². The molecule has 3 N–H and O–H groups in total. The Kier molecular flexibility index (Phi) is 6.83. The number of fused-ring (bicyclic) bond motifs is 1. The molecule has 0 radical (unpaired) electrons. The largest absolute Gasteiger partial charge is 0.495 e. The van der Waals surface area contributed by atoms with Crippen molar-refractivity contribution in [3.05, 3.63) is 43.8 Å². The molecule has 3 aromatic rings. The Balaban J connectivity index is 1.85. The van der Waals surface area contributed by atoms with Crippen molar-refractivity contribution in [3.63, 3.8) is 0 Å². The summed E-state index contributed by atoms with van der Waals surface area (Å²) in [6.45, 7) is 2.53. The smallest absolute Gasteiger partial charge is 0.298 e. The fourth-order valence-corrected chi connectivity index (χ4v) is 4.68. The highest BCUT2D eigenvalue weighted by molar-refractivity contribution is 6.38. The highest BCUT2D eigenvalue weighted by Crippen LogP contribution is 2.40. The van der Waals surface area contributed by atoms with Crippen LogP contribution in [0.15, 0.2) is 17.1 Å².